The van der Waals surface area contributed by atoms with Crippen LogP contribution < -0.4 is 0 Å². The summed E-state index contributed by atoms with van der Waals surface area (Å²) in [6.07, 6.45) is 3.42. The zero-order valence-corrected chi connectivity index (χ0v) is 14.7. The lowest BCUT2D eigenvalue weighted by Gasteiger charge is -2.26. The van der Waals surface area contributed by atoms with Crippen molar-refractivity contribution < 1.29 is 14.6 Å². The highest BCUT2D eigenvalue weighted by molar-refractivity contribution is 5.85. The van der Waals surface area contributed by atoms with Gasteiger partial charge in [-0.1, -0.05) is 12.1 Å². The molecule has 130 valence electrons. The molecule has 0 unspecified atom stereocenters. The molecular formula is C19H26N2O3. The molecule has 5 nitrogen and oxygen atoms in total. The molecule has 0 fully saturated rings. The Bertz CT molecular complexity index is 743. The number of carbonyl (C=O) groups is 1. The molecule has 1 N–H and O–H groups in total. The minimum Gasteiger partial charge on any atom is -0.444 e. The van der Waals surface area contributed by atoms with E-state index < -0.39 is 5.60 Å². The maximum atomic E-state index is 12.4. The van der Waals surface area contributed by atoms with Gasteiger partial charge in [0, 0.05) is 25.8 Å². The second kappa shape index (κ2) is 6.48. The van der Waals surface area contributed by atoms with Gasteiger partial charge in [0.2, 0.25) is 0 Å². The van der Waals surface area contributed by atoms with Gasteiger partial charge in [-0.2, -0.15) is 0 Å². The standard InChI is InChI=1S/C19H26N2O3/c1-19(2,3)24-18(23)21-10-6-14-4-5-15-7-9-20(12-13-22)17(15)16(14)8-11-21/h4-5,7,9,22H,6,8,10-13H2,1-3H3. The van der Waals surface area contributed by atoms with Crippen molar-refractivity contribution in [3.8, 4) is 0 Å². The number of hydrogen-bond acceptors (Lipinski definition) is 3. The van der Waals surface area contributed by atoms with E-state index in [2.05, 4.69) is 22.8 Å². The maximum Gasteiger partial charge on any atom is 0.410 e. The highest BCUT2D eigenvalue weighted by Gasteiger charge is 2.25. The van der Waals surface area contributed by atoms with Gasteiger partial charge in [-0.25, -0.2) is 4.79 Å². The first-order valence-corrected chi connectivity index (χ1v) is 8.57. The number of ether oxygens (including phenoxy) is 1. The number of aliphatic hydroxyl groups is 1. The Hall–Kier alpha value is -2.01. The van der Waals surface area contributed by atoms with E-state index >= 15 is 0 Å². The molecule has 0 saturated carbocycles. The van der Waals surface area contributed by atoms with Crippen LogP contribution in [0.4, 0.5) is 4.79 Å². The maximum absolute atomic E-state index is 12.4. The van der Waals surface area contributed by atoms with Gasteiger partial charge in [-0.3, -0.25) is 0 Å². The summed E-state index contributed by atoms with van der Waals surface area (Å²) in [5.74, 6) is 0. The molecule has 24 heavy (non-hydrogen) atoms. The number of benzene rings is 1. The van der Waals surface area contributed by atoms with Crippen molar-refractivity contribution in [3.05, 3.63) is 35.5 Å². The first-order chi connectivity index (χ1) is 11.4. The van der Waals surface area contributed by atoms with Crippen molar-refractivity contribution in [2.24, 2.45) is 0 Å². The number of nitrogens with zero attached hydrogens (tertiary/aromatic N) is 2. The number of aliphatic hydroxyl groups excluding tert-OH is 1. The van der Waals surface area contributed by atoms with E-state index in [0.29, 0.717) is 19.6 Å². The Morgan fingerprint density at radius 3 is 2.67 bits per heavy atom. The molecule has 1 aromatic heterocycles. The largest absolute Gasteiger partial charge is 0.444 e. The van der Waals surface area contributed by atoms with Crippen LogP contribution in [0, 0.1) is 0 Å². The van der Waals surface area contributed by atoms with Gasteiger partial charge in [0.1, 0.15) is 5.60 Å². The van der Waals surface area contributed by atoms with Gasteiger partial charge in [0.25, 0.3) is 0 Å². The zero-order valence-electron chi connectivity index (χ0n) is 14.7. The molecule has 0 saturated heterocycles. The monoisotopic (exact) mass is 330 g/mol. The molecule has 1 aromatic carbocycles. The summed E-state index contributed by atoms with van der Waals surface area (Å²) in [5, 5.41) is 10.5. The van der Waals surface area contributed by atoms with Gasteiger partial charge in [0.15, 0.2) is 0 Å². The van der Waals surface area contributed by atoms with Crippen molar-refractivity contribution in [1.82, 2.24) is 9.47 Å². The summed E-state index contributed by atoms with van der Waals surface area (Å²) in [4.78, 5) is 14.2. The topological polar surface area (TPSA) is 54.7 Å². The average molecular weight is 330 g/mol. The molecule has 0 spiro atoms. The summed E-state index contributed by atoms with van der Waals surface area (Å²) in [6, 6.07) is 6.38. The van der Waals surface area contributed by atoms with E-state index in [9.17, 15) is 9.90 Å². The van der Waals surface area contributed by atoms with Gasteiger partial charge in [-0.05, 0) is 56.2 Å². The van der Waals surface area contributed by atoms with Crippen LogP contribution in [0.3, 0.4) is 0 Å². The molecule has 3 rings (SSSR count). The van der Waals surface area contributed by atoms with E-state index in [0.717, 1.165) is 12.8 Å². The molecule has 2 aromatic rings. The zero-order chi connectivity index (χ0) is 17.3. The number of aromatic nitrogens is 1. The number of amides is 1. The van der Waals surface area contributed by atoms with Crippen LogP contribution in [0.1, 0.15) is 31.9 Å². The van der Waals surface area contributed by atoms with E-state index in [1.54, 1.807) is 4.90 Å². The highest BCUT2D eigenvalue weighted by atomic mass is 16.6. The van der Waals surface area contributed by atoms with Gasteiger partial charge < -0.3 is 19.3 Å². The lowest BCUT2D eigenvalue weighted by atomic mass is 10.00. The number of rotatable bonds is 2. The molecular weight excluding hydrogens is 304 g/mol. The summed E-state index contributed by atoms with van der Waals surface area (Å²) in [5.41, 5.74) is 3.29. The summed E-state index contributed by atoms with van der Waals surface area (Å²) in [7, 11) is 0. The first kappa shape index (κ1) is 16.8. The Balaban J connectivity index is 1.86. The minimum absolute atomic E-state index is 0.123. The van der Waals surface area contributed by atoms with Crippen LogP contribution in [0.25, 0.3) is 10.9 Å². The molecule has 2 heterocycles. The van der Waals surface area contributed by atoms with Crippen molar-refractivity contribution in [3.63, 3.8) is 0 Å². The molecule has 0 atom stereocenters. The van der Waals surface area contributed by atoms with Crippen LogP contribution in [0.15, 0.2) is 24.4 Å². The van der Waals surface area contributed by atoms with Gasteiger partial charge in [0.05, 0.1) is 12.1 Å². The second-order valence-corrected chi connectivity index (χ2v) is 7.34. The lowest BCUT2D eigenvalue weighted by Crippen LogP contribution is -2.38. The fourth-order valence-electron chi connectivity index (χ4n) is 3.34. The van der Waals surface area contributed by atoms with E-state index in [-0.39, 0.29) is 12.7 Å². The molecule has 1 aliphatic heterocycles. The van der Waals surface area contributed by atoms with Gasteiger partial charge >= 0.3 is 6.09 Å². The Morgan fingerprint density at radius 1 is 1.21 bits per heavy atom. The molecule has 0 radical (unpaired) electrons. The van der Waals surface area contributed by atoms with E-state index in [1.165, 1.54) is 22.0 Å². The fraction of sp³-hybridized carbons (Fsp3) is 0.526. The highest BCUT2D eigenvalue weighted by Crippen LogP contribution is 2.27. The molecule has 0 aliphatic carbocycles. The van der Waals surface area contributed by atoms with Crippen molar-refractivity contribution in [2.75, 3.05) is 19.7 Å². The summed E-state index contributed by atoms with van der Waals surface area (Å²) >= 11 is 0. The lowest BCUT2D eigenvalue weighted by molar-refractivity contribution is 0.0258. The SMILES string of the molecule is CC(C)(C)OC(=O)N1CCc2ccc3ccn(CCO)c3c2CC1. The van der Waals surface area contributed by atoms with Crippen LogP contribution >= 0.6 is 0 Å². The molecule has 5 heteroatoms. The molecule has 0 bridgehead atoms. The normalized spacial score (nSPS) is 15.2. The fourth-order valence-corrected chi connectivity index (χ4v) is 3.34. The number of carbonyl (C=O) groups excluding carboxylic acids is 1. The van der Waals surface area contributed by atoms with Crippen LogP contribution in [0.5, 0.6) is 0 Å². The van der Waals surface area contributed by atoms with Crippen molar-refractivity contribution in [1.29, 1.82) is 0 Å². The number of fused-ring (bicyclic) bond motifs is 3. The average Bonchev–Trinajstić information content (AvgIpc) is 2.77. The first-order valence-electron chi connectivity index (χ1n) is 8.57. The molecule has 1 amide bonds. The van der Waals surface area contributed by atoms with Gasteiger partial charge in [-0.15, -0.1) is 0 Å². The minimum atomic E-state index is -0.473. The third kappa shape index (κ3) is 3.41. The smallest absolute Gasteiger partial charge is 0.410 e. The summed E-state index contributed by atoms with van der Waals surface area (Å²) in [6.45, 7) is 7.72. The third-order valence-corrected chi connectivity index (χ3v) is 4.41. The summed E-state index contributed by atoms with van der Waals surface area (Å²) < 4.78 is 7.62. The van der Waals surface area contributed by atoms with E-state index in [4.69, 9.17) is 4.74 Å². The van der Waals surface area contributed by atoms with Crippen LogP contribution in [0.2, 0.25) is 0 Å². The van der Waals surface area contributed by atoms with Crippen LogP contribution in [-0.2, 0) is 24.1 Å². The van der Waals surface area contributed by atoms with Crippen LogP contribution in [-0.4, -0.2) is 46.0 Å². The second-order valence-electron chi connectivity index (χ2n) is 7.34. The Kier molecular flexibility index (Phi) is 4.54. The van der Waals surface area contributed by atoms with E-state index in [1.807, 2.05) is 27.0 Å². The Morgan fingerprint density at radius 2 is 1.96 bits per heavy atom. The quantitative estimate of drug-likeness (QED) is 0.921. The predicted molar refractivity (Wildman–Crippen MR) is 94.2 cm³/mol. The van der Waals surface area contributed by atoms with Crippen molar-refractivity contribution >= 4 is 17.0 Å². The van der Waals surface area contributed by atoms with Crippen molar-refractivity contribution in [2.45, 2.75) is 45.8 Å². The number of hydrogen-bond donors (Lipinski definition) is 1. The molecule has 1 aliphatic rings. The predicted octanol–water partition coefficient (Wildman–Crippen LogP) is 2.97. The Labute approximate surface area is 142 Å². The third-order valence-electron chi connectivity index (χ3n) is 4.41.